The predicted octanol–water partition coefficient (Wildman–Crippen LogP) is 4.25. The van der Waals surface area contributed by atoms with Gasteiger partial charge in [-0.2, -0.15) is 0 Å². The first-order valence-electron chi connectivity index (χ1n) is 7.42. The highest BCUT2D eigenvalue weighted by Gasteiger charge is 2.40. The van der Waals surface area contributed by atoms with Crippen molar-refractivity contribution in [3.63, 3.8) is 0 Å². The summed E-state index contributed by atoms with van der Waals surface area (Å²) in [4.78, 5) is 14.6. The first-order chi connectivity index (χ1) is 10.7. The summed E-state index contributed by atoms with van der Waals surface area (Å²) in [6.07, 6.45) is 0.847. The summed E-state index contributed by atoms with van der Waals surface area (Å²) < 4.78 is 5.22. The lowest BCUT2D eigenvalue weighted by Crippen LogP contribution is -2.30. The molecule has 1 heterocycles. The van der Waals surface area contributed by atoms with Gasteiger partial charge in [0.25, 0.3) is 0 Å². The van der Waals surface area contributed by atoms with Gasteiger partial charge < -0.3 is 4.74 Å². The Morgan fingerprint density at radius 3 is 2.36 bits per heavy atom. The first-order valence-corrected chi connectivity index (χ1v) is 8.36. The van der Waals surface area contributed by atoms with Crippen LogP contribution in [-0.2, 0) is 4.79 Å². The van der Waals surface area contributed by atoms with Gasteiger partial charge in [0.1, 0.15) is 11.1 Å². The minimum Gasteiger partial charge on any atom is -0.497 e. The fourth-order valence-electron chi connectivity index (χ4n) is 2.66. The maximum atomic E-state index is 12.7. The van der Waals surface area contributed by atoms with E-state index in [0.29, 0.717) is 0 Å². The maximum absolute atomic E-state index is 12.7. The minimum absolute atomic E-state index is 0.0192. The van der Waals surface area contributed by atoms with Crippen LogP contribution in [0.5, 0.6) is 5.75 Å². The van der Waals surface area contributed by atoms with E-state index in [-0.39, 0.29) is 16.5 Å². The van der Waals surface area contributed by atoms with Crippen molar-refractivity contribution in [2.75, 3.05) is 12.0 Å². The number of amides is 1. The zero-order valence-corrected chi connectivity index (χ0v) is 13.5. The van der Waals surface area contributed by atoms with Gasteiger partial charge in [-0.25, -0.2) is 0 Å². The molecule has 0 bridgehead atoms. The average molecular weight is 313 g/mol. The molecule has 114 valence electrons. The van der Waals surface area contributed by atoms with Gasteiger partial charge in [-0.05, 0) is 36.2 Å². The molecule has 3 nitrogen and oxygen atoms in total. The summed E-state index contributed by atoms with van der Waals surface area (Å²) >= 11 is 1.72. The standard InChI is InChI=1S/C18H19NO2S/c1-3-16-17(20)19(14-7-5-4-6-8-14)18(22-16)13-9-11-15(21-2)12-10-13/h4-12,16,18H,3H2,1-2H3. The Balaban J connectivity index is 1.97. The Hall–Kier alpha value is -1.94. The fraction of sp³-hybridized carbons (Fsp3) is 0.278. The lowest BCUT2D eigenvalue weighted by molar-refractivity contribution is -0.117. The molecule has 0 N–H and O–H groups in total. The summed E-state index contributed by atoms with van der Waals surface area (Å²) in [5.74, 6) is 1.02. The normalized spacial score (nSPS) is 21.2. The Bertz CT molecular complexity index is 642. The van der Waals surface area contributed by atoms with Crippen molar-refractivity contribution in [2.24, 2.45) is 0 Å². The number of anilines is 1. The maximum Gasteiger partial charge on any atom is 0.241 e. The number of ether oxygens (including phenoxy) is 1. The minimum atomic E-state index is 0.0192. The van der Waals surface area contributed by atoms with E-state index >= 15 is 0 Å². The summed E-state index contributed by atoms with van der Waals surface area (Å²) in [7, 11) is 1.66. The van der Waals surface area contributed by atoms with Crippen LogP contribution >= 0.6 is 11.8 Å². The second-order valence-corrected chi connectivity index (χ2v) is 6.49. The molecule has 0 aliphatic carbocycles. The highest BCUT2D eigenvalue weighted by molar-refractivity contribution is 8.01. The second kappa shape index (κ2) is 6.44. The van der Waals surface area contributed by atoms with Crippen LogP contribution in [0.15, 0.2) is 54.6 Å². The lowest BCUT2D eigenvalue weighted by atomic mass is 10.1. The molecule has 3 rings (SSSR count). The SMILES string of the molecule is CCC1SC(c2ccc(OC)cc2)N(c2ccccc2)C1=O. The van der Waals surface area contributed by atoms with E-state index in [9.17, 15) is 4.79 Å². The lowest BCUT2D eigenvalue weighted by Gasteiger charge is -2.24. The van der Waals surface area contributed by atoms with Crippen molar-refractivity contribution < 1.29 is 9.53 Å². The average Bonchev–Trinajstić information content (AvgIpc) is 2.92. The molecular weight excluding hydrogens is 294 g/mol. The van der Waals surface area contributed by atoms with Crippen molar-refractivity contribution in [3.05, 3.63) is 60.2 Å². The van der Waals surface area contributed by atoms with E-state index in [0.717, 1.165) is 23.4 Å². The number of carbonyl (C=O) groups is 1. The van der Waals surface area contributed by atoms with Crippen molar-refractivity contribution >= 4 is 23.4 Å². The third-order valence-corrected chi connectivity index (χ3v) is 5.45. The summed E-state index contributed by atoms with van der Waals surface area (Å²) in [6.45, 7) is 2.06. The molecule has 2 aromatic carbocycles. The van der Waals surface area contributed by atoms with Crippen LogP contribution in [0.25, 0.3) is 0 Å². The molecule has 1 fully saturated rings. The van der Waals surface area contributed by atoms with Crippen LogP contribution in [0, 0.1) is 0 Å². The monoisotopic (exact) mass is 313 g/mol. The van der Waals surface area contributed by atoms with E-state index < -0.39 is 0 Å². The number of thioether (sulfide) groups is 1. The molecule has 0 aromatic heterocycles. The molecule has 0 radical (unpaired) electrons. The van der Waals surface area contributed by atoms with Gasteiger partial charge in [-0.3, -0.25) is 9.69 Å². The number of benzene rings is 2. The van der Waals surface area contributed by atoms with Crippen molar-refractivity contribution in [2.45, 2.75) is 24.0 Å². The summed E-state index contributed by atoms with van der Waals surface area (Å²) in [6, 6.07) is 17.9. The number of nitrogens with zero attached hydrogens (tertiary/aromatic N) is 1. The fourth-order valence-corrected chi connectivity index (χ4v) is 4.06. The zero-order valence-electron chi connectivity index (χ0n) is 12.7. The van der Waals surface area contributed by atoms with Crippen molar-refractivity contribution in [1.29, 1.82) is 0 Å². The zero-order chi connectivity index (χ0) is 15.5. The number of methoxy groups -OCH3 is 1. The van der Waals surface area contributed by atoms with Gasteiger partial charge in [0, 0.05) is 5.69 Å². The van der Waals surface area contributed by atoms with E-state index in [1.165, 1.54) is 0 Å². The van der Waals surface area contributed by atoms with E-state index in [1.54, 1.807) is 18.9 Å². The molecule has 1 aliphatic heterocycles. The predicted molar refractivity (Wildman–Crippen MR) is 91.3 cm³/mol. The van der Waals surface area contributed by atoms with E-state index in [2.05, 4.69) is 6.92 Å². The molecule has 1 aliphatic rings. The van der Waals surface area contributed by atoms with Crippen LogP contribution < -0.4 is 9.64 Å². The van der Waals surface area contributed by atoms with E-state index in [1.807, 2.05) is 59.5 Å². The van der Waals surface area contributed by atoms with E-state index in [4.69, 9.17) is 4.74 Å². The molecule has 2 aromatic rings. The molecule has 22 heavy (non-hydrogen) atoms. The van der Waals surface area contributed by atoms with Crippen LogP contribution in [0.3, 0.4) is 0 Å². The van der Waals surface area contributed by atoms with Gasteiger partial charge in [0.05, 0.1) is 12.4 Å². The number of hydrogen-bond donors (Lipinski definition) is 0. The molecule has 2 atom stereocenters. The largest absolute Gasteiger partial charge is 0.497 e. The number of rotatable bonds is 4. The molecule has 2 unspecified atom stereocenters. The van der Waals surface area contributed by atoms with Crippen LogP contribution in [-0.4, -0.2) is 18.3 Å². The first kappa shape index (κ1) is 15.0. The van der Waals surface area contributed by atoms with Crippen molar-refractivity contribution in [1.82, 2.24) is 0 Å². The molecule has 0 saturated carbocycles. The van der Waals surface area contributed by atoms with Crippen LogP contribution in [0.1, 0.15) is 24.3 Å². The third-order valence-electron chi connectivity index (χ3n) is 3.85. The topological polar surface area (TPSA) is 29.5 Å². The number of carbonyl (C=O) groups excluding carboxylic acids is 1. The second-order valence-electron chi connectivity index (χ2n) is 5.20. The van der Waals surface area contributed by atoms with Gasteiger partial charge in [0.15, 0.2) is 0 Å². The third kappa shape index (κ3) is 2.71. The Kier molecular flexibility index (Phi) is 4.39. The summed E-state index contributed by atoms with van der Waals surface area (Å²) in [5, 5.41) is 0.0399. The summed E-state index contributed by atoms with van der Waals surface area (Å²) in [5.41, 5.74) is 2.08. The van der Waals surface area contributed by atoms with Gasteiger partial charge in [-0.1, -0.05) is 37.3 Å². The van der Waals surface area contributed by atoms with Gasteiger partial charge in [-0.15, -0.1) is 11.8 Å². The van der Waals surface area contributed by atoms with Gasteiger partial charge >= 0.3 is 0 Å². The highest BCUT2D eigenvalue weighted by Crippen LogP contribution is 2.46. The number of hydrogen-bond acceptors (Lipinski definition) is 3. The Morgan fingerprint density at radius 2 is 1.77 bits per heavy atom. The van der Waals surface area contributed by atoms with Gasteiger partial charge in [0.2, 0.25) is 5.91 Å². The highest BCUT2D eigenvalue weighted by atomic mass is 32.2. The smallest absolute Gasteiger partial charge is 0.241 e. The molecular formula is C18H19NO2S. The molecule has 1 amide bonds. The van der Waals surface area contributed by atoms with Crippen LogP contribution in [0.4, 0.5) is 5.69 Å². The van der Waals surface area contributed by atoms with Crippen LogP contribution in [0.2, 0.25) is 0 Å². The quantitative estimate of drug-likeness (QED) is 0.845. The molecule has 4 heteroatoms. The van der Waals surface area contributed by atoms with Crippen molar-refractivity contribution in [3.8, 4) is 5.75 Å². The Morgan fingerprint density at radius 1 is 1.09 bits per heavy atom. The number of para-hydroxylation sites is 1. The Labute approximate surface area is 135 Å². The molecule has 1 saturated heterocycles. The molecule has 0 spiro atoms.